The first-order chi connectivity index (χ1) is 15.6. The Morgan fingerprint density at radius 1 is 1.24 bits per heavy atom. The molecule has 3 aliphatic rings. The van der Waals surface area contributed by atoms with E-state index in [1.165, 1.54) is 0 Å². The lowest BCUT2D eigenvalue weighted by Crippen LogP contribution is -2.47. The van der Waals surface area contributed by atoms with Gasteiger partial charge in [-0.05, 0) is 76.5 Å². The van der Waals surface area contributed by atoms with Crippen LogP contribution in [0.3, 0.4) is 0 Å². The molecule has 0 unspecified atom stereocenters. The van der Waals surface area contributed by atoms with Crippen molar-refractivity contribution in [2.75, 3.05) is 0 Å². The monoisotopic (exact) mass is 460 g/mol. The fourth-order valence-corrected chi connectivity index (χ4v) is 6.40. The van der Waals surface area contributed by atoms with Gasteiger partial charge in [-0.1, -0.05) is 44.6 Å². The number of carbonyl (C=O) groups excluding carboxylic acids is 2. The molecular formula is C28H44O5. The third kappa shape index (κ3) is 6.49. The summed E-state index contributed by atoms with van der Waals surface area (Å²) in [6.07, 6.45) is 14.1. The normalized spacial score (nSPS) is 37.0. The van der Waals surface area contributed by atoms with Crippen LogP contribution in [0.2, 0.25) is 0 Å². The second-order valence-corrected chi connectivity index (χ2v) is 11.3. The minimum Gasteiger partial charge on any atom is -0.462 e. The molecule has 1 N–H and O–H groups in total. The summed E-state index contributed by atoms with van der Waals surface area (Å²) >= 11 is 0. The number of rotatable bonds is 8. The minimum atomic E-state index is -0.599. The lowest BCUT2D eigenvalue weighted by atomic mass is 9.60. The highest BCUT2D eigenvalue weighted by Gasteiger charge is 2.46. The van der Waals surface area contributed by atoms with Crippen LogP contribution >= 0.6 is 0 Å². The third-order valence-corrected chi connectivity index (χ3v) is 8.07. The molecule has 5 heteroatoms. The first-order valence-corrected chi connectivity index (χ1v) is 13.0. The highest BCUT2D eigenvalue weighted by molar-refractivity contribution is 5.76. The number of ether oxygens (including phenoxy) is 2. The first kappa shape index (κ1) is 26.0. The van der Waals surface area contributed by atoms with Gasteiger partial charge in [0.2, 0.25) is 0 Å². The Bertz CT molecular complexity index is 739. The molecule has 8 atom stereocenters. The Hall–Kier alpha value is -1.62. The van der Waals surface area contributed by atoms with Gasteiger partial charge in [-0.3, -0.25) is 9.59 Å². The molecular weight excluding hydrogens is 416 g/mol. The van der Waals surface area contributed by atoms with Crippen LogP contribution in [0.5, 0.6) is 0 Å². The van der Waals surface area contributed by atoms with Crippen molar-refractivity contribution >= 4 is 11.9 Å². The lowest BCUT2D eigenvalue weighted by molar-refractivity contribution is -0.170. The summed E-state index contributed by atoms with van der Waals surface area (Å²) in [6.45, 7) is 10.4. The molecule has 0 amide bonds. The second kappa shape index (κ2) is 11.2. The number of cyclic esters (lactones) is 1. The number of hydrogen-bond acceptors (Lipinski definition) is 5. The van der Waals surface area contributed by atoms with Gasteiger partial charge < -0.3 is 14.6 Å². The van der Waals surface area contributed by atoms with Gasteiger partial charge in [0, 0.05) is 12.3 Å². The summed E-state index contributed by atoms with van der Waals surface area (Å²) < 4.78 is 11.8. The molecule has 186 valence electrons. The van der Waals surface area contributed by atoms with E-state index in [-0.39, 0.29) is 36.5 Å². The number of carbonyl (C=O) groups is 2. The Morgan fingerprint density at radius 3 is 2.67 bits per heavy atom. The van der Waals surface area contributed by atoms with Crippen molar-refractivity contribution in [2.24, 2.45) is 35.0 Å². The Morgan fingerprint density at radius 2 is 2.00 bits per heavy atom. The maximum absolute atomic E-state index is 13.2. The molecule has 0 aromatic heterocycles. The summed E-state index contributed by atoms with van der Waals surface area (Å²) in [5.41, 5.74) is -0.476. The van der Waals surface area contributed by atoms with E-state index in [0.29, 0.717) is 30.1 Å². The number of aliphatic hydroxyl groups is 1. The summed E-state index contributed by atoms with van der Waals surface area (Å²) in [5, 5.41) is 9.99. The molecule has 1 aliphatic heterocycles. The number of aliphatic hydroxyl groups excluding tert-OH is 1. The van der Waals surface area contributed by atoms with Crippen LogP contribution in [0, 0.1) is 35.0 Å². The van der Waals surface area contributed by atoms with E-state index in [9.17, 15) is 14.7 Å². The summed E-state index contributed by atoms with van der Waals surface area (Å²) in [4.78, 5) is 25.0. The lowest BCUT2D eigenvalue weighted by Gasteiger charge is -2.48. The Labute approximate surface area is 200 Å². The van der Waals surface area contributed by atoms with Crippen molar-refractivity contribution in [2.45, 2.75) is 104 Å². The van der Waals surface area contributed by atoms with E-state index in [4.69, 9.17) is 9.47 Å². The number of esters is 2. The van der Waals surface area contributed by atoms with Gasteiger partial charge in [0.25, 0.3) is 0 Å². The first-order valence-electron chi connectivity index (χ1n) is 13.0. The summed E-state index contributed by atoms with van der Waals surface area (Å²) in [7, 11) is 0. The number of allylic oxidation sites excluding steroid dienone is 4. The molecule has 1 saturated heterocycles. The molecule has 1 heterocycles. The smallest absolute Gasteiger partial charge is 0.311 e. The van der Waals surface area contributed by atoms with Crippen LogP contribution in [-0.4, -0.2) is 35.4 Å². The molecule has 0 aromatic carbocycles. The Kier molecular flexibility index (Phi) is 8.82. The van der Waals surface area contributed by atoms with E-state index in [1.807, 2.05) is 13.8 Å². The van der Waals surface area contributed by atoms with Gasteiger partial charge >= 0.3 is 11.9 Å². The van der Waals surface area contributed by atoms with Gasteiger partial charge in [0.1, 0.15) is 12.2 Å². The fraction of sp³-hybridized carbons (Fsp3) is 0.786. The highest BCUT2D eigenvalue weighted by atomic mass is 16.6. The Balaban J connectivity index is 1.78. The molecule has 0 aromatic rings. The van der Waals surface area contributed by atoms with Crippen molar-refractivity contribution in [3.8, 4) is 0 Å². The van der Waals surface area contributed by atoms with Crippen LogP contribution in [-0.2, 0) is 19.1 Å². The fourth-order valence-electron chi connectivity index (χ4n) is 6.40. The molecule has 2 aliphatic carbocycles. The number of hydrogen-bond donors (Lipinski definition) is 1. The molecule has 2 fully saturated rings. The largest absolute Gasteiger partial charge is 0.462 e. The third-order valence-electron chi connectivity index (χ3n) is 8.07. The zero-order valence-electron chi connectivity index (χ0n) is 21.2. The topological polar surface area (TPSA) is 72.8 Å². The van der Waals surface area contributed by atoms with Crippen molar-refractivity contribution < 1.29 is 24.2 Å². The number of fused-ring (bicyclic) bond motifs is 1. The van der Waals surface area contributed by atoms with Crippen molar-refractivity contribution in [1.82, 2.24) is 0 Å². The molecule has 5 nitrogen and oxygen atoms in total. The predicted octanol–water partition coefficient (Wildman–Crippen LogP) is 5.61. The van der Waals surface area contributed by atoms with Crippen LogP contribution in [0.4, 0.5) is 0 Å². The standard InChI is InChI=1S/C28H44O5/c1-6-8-19-14-20-10-9-18(3)23(12-11-22-16-21(29)17-25(30)32-22)26(20)24(15-19)33-27(31)28(4,5)13-7-2/h6,8-10,18-24,26,29H,7,11-17H2,1-5H3/b8-6-/t18-,19-,20-,21+,22+,23-,24-,26-/m0/s1. The van der Waals surface area contributed by atoms with E-state index >= 15 is 0 Å². The predicted molar refractivity (Wildman–Crippen MR) is 129 cm³/mol. The van der Waals surface area contributed by atoms with Crippen LogP contribution in [0.25, 0.3) is 0 Å². The van der Waals surface area contributed by atoms with Crippen molar-refractivity contribution in [1.29, 1.82) is 0 Å². The molecule has 1 saturated carbocycles. The van der Waals surface area contributed by atoms with E-state index in [1.54, 1.807) is 0 Å². The SMILES string of the molecule is C/C=C\[C@@H]1C[C@H](OC(=O)C(C)(C)CCC)[C@@H]2[C@@H](CC[C@@H]3C[C@@H](O)CC(=O)O3)[C@@H](C)C=C[C@H]2C1. The van der Waals surface area contributed by atoms with E-state index in [2.05, 4.69) is 45.1 Å². The quantitative estimate of drug-likeness (QED) is 0.376. The second-order valence-electron chi connectivity index (χ2n) is 11.3. The van der Waals surface area contributed by atoms with Crippen LogP contribution in [0.15, 0.2) is 24.3 Å². The molecule has 0 bridgehead atoms. The molecule has 0 spiro atoms. The van der Waals surface area contributed by atoms with Gasteiger partial charge in [0.05, 0.1) is 17.9 Å². The maximum atomic E-state index is 13.2. The van der Waals surface area contributed by atoms with Crippen molar-refractivity contribution in [3.63, 3.8) is 0 Å². The van der Waals surface area contributed by atoms with E-state index in [0.717, 1.165) is 38.5 Å². The molecule has 0 radical (unpaired) electrons. The average molecular weight is 461 g/mol. The maximum Gasteiger partial charge on any atom is 0.311 e. The van der Waals surface area contributed by atoms with Crippen LogP contribution < -0.4 is 0 Å². The van der Waals surface area contributed by atoms with Gasteiger partial charge in [-0.25, -0.2) is 0 Å². The summed E-state index contributed by atoms with van der Waals surface area (Å²) in [5.74, 6) is 1.42. The van der Waals surface area contributed by atoms with Crippen molar-refractivity contribution in [3.05, 3.63) is 24.3 Å². The van der Waals surface area contributed by atoms with Crippen LogP contribution in [0.1, 0.15) is 86.0 Å². The minimum absolute atomic E-state index is 0.0838. The van der Waals surface area contributed by atoms with E-state index < -0.39 is 11.5 Å². The van der Waals surface area contributed by atoms with Gasteiger partial charge in [-0.2, -0.15) is 0 Å². The van der Waals surface area contributed by atoms with Gasteiger partial charge in [-0.15, -0.1) is 0 Å². The molecule has 33 heavy (non-hydrogen) atoms. The zero-order chi connectivity index (χ0) is 24.2. The summed E-state index contributed by atoms with van der Waals surface area (Å²) in [6, 6.07) is 0. The molecule has 3 rings (SSSR count). The zero-order valence-corrected chi connectivity index (χ0v) is 21.2. The van der Waals surface area contributed by atoms with Gasteiger partial charge in [0.15, 0.2) is 0 Å². The average Bonchev–Trinajstić information content (AvgIpc) is 2.72. The highest BCUT2D eigenvalue weighted by Crippen LogP contribution is 2.48.